The summed E-state index contributed by atoms with van der Waals surface area (Å²) < 4.78 is 5.67. The van der Waals surface area contributed by atoms with Gasteiger partial charge in [-0.1, -0.05) is 57.2 Å². The van der Waals surface area contributed by atoms with E-state index >= 15 is 0 Å². The van der Waals surface area contributed by atoms with Crippen molar-refractivity contribution in [2.24, 2.45) is 11.8 Å². The molecule has 0 radical (unpaired) electrons. The Balaban J connectivity index is 1.95. The molecular weight excluding hydrogens is 334 g/mol. The first kappa shape index (κ1) is 19.5. The van der Waals surface area contributed by atoms with Crippen LogP contribution in [0.5, 0.6) is 0 Å². The molecule has 25 heavy (non-hydrogen) atoms. The molecule has 0 unspecified atom stereocenters. The van der Waals surface area contributed by atoms with Gasteiger partial charge in [0.2, 0.25) is 11.8 Å². The number of amides is 1. The predicted octanol–water partition coefficient (Wildman–Crippen LogP) is 4.28. The summed E-state index contributed by atoms with van der Waals surface area (Å²) in [6.45, 7) is 12.1. The van der Waals surface area contributed by atoms with Crippen molar-refractivity contribution < 1.29 is 9.21 Å². The van der Waals surface area contributed by atoms with Gasteiger partial charge in [-0.3, -0.25) is 4.79 Å². The first-order chi connectivity index (χ1) is 11.8. The maximum absolute atomic E-state index is 12.5. The van der Waals surface area contributed by atoms with Gasteiger partial charge in [0.05, 0.1) is 5.75 Å². The van der Waals surface area contributed by atoms with Crippen LogP contribution in [0.4, 0.5) is 0 Å². The summed E-state index contributed by atoms with van der Waals surface area (Å²) in [6.07, 6.45) is 0. The van der Waals surface area contributed by atoms with Crippen molar-refractivity contribution in [3.63, 3.8) is 0 Å². The normalized spacial score (nSPS) is 11.3. The predicted molar refractivity (Wildman–Crippen MR) is 101 cm³/mol. The van der Waals surface area contributed by atoms with Gasteiger partial charge in [0.25, 0.3) is 5.22 Å². The molecule has 0 spiro atoms. The number of nitrogens with zero attached hydrogens (tertiary/aromatic N) is 3. The number of carbonyl (C=O) groups is 1. The summed E-state index contributed by atoms with van der Waals surface area (Å²) in [5.41, 5.74) is 2.07. The van der Waals surface area contributed by atoms with Gasteiger partial charge < -0.3 is 9.32 Å². The van der Waals surface area contributed by atoms with Crippen molar-refractivity contribution in [3.05, 3.63) is 29.8 Å². The second-order valence-corrected chi connectivity index (χ2v) is 8.04. The molecule has 5 nitrogen and oxygen atoms in total. The smallest absolute Gasteiger partial charge is 0.277 e. The Morgan fingerprint density at radius 3 is 2.24 bits per heavy atom. The number of aryl methyl sites for hydroxylation is 1. The molecule has 1 aromatic heterocycles. The fraction of sp³-hybridized carbons (Fsp3) is 0.526. The molecule has 6 heteroatoms. The zero-order valence-electron chi connectivity index (χ0n) is 15.7. The van der Waals surface area contributed by atoms with Crippen LogP contribution in [-0.4, -0.2) is 39.8 Å². The second kappa shape index (κ2) is 9.04. The molecule has 0 N–H and O–H groups in total. The van der Waals surface area contributed by atoms with Gasteiger partial charge in [-0.2, -0.15) is 0 Å². The minimum atomic E-state index is 0.113. The van der Waals surface area contributed by atoms with Crippen LogP contribution in [0.25, 0.3) is 11.5 Å². The van der Waals surface area contributed by atoms with Crippen molar-refractivity contribution in [1.82, 2.24) is 15.1 Å². The molecule has 1 aromatic carbocycles. The third kappa shape index (κ3) is 6.20. The van der Waals surface area contributed by atoms with E-state index in [-0.39, 0.29) is 5.91 Å². The lowest BCUT2D eigenvalue weighted by molar-refractivity contribution is -0.129. The number of rotatable bonds is 8. The van der Waals surface area contributed by atoms with Gasteiger partial charge in [0.15, 0.2) is 0 Å². The number of hydrogen-bond acceptors (Lipinski definition) is 5. The molecule has 0 aliphatic heterocycles. The molecule has 0 saturated heterocycles. The molecule has 2 aromatic rings. The molecule has 0 bridgehead atoms. The first-order valence-electron chi connectivity index (χ1n) is 8.66. The van der Waals surface area contributed by atoms with Gasteiger partial charge in [-0.25, -0.2) is 0 Å². The fourth-order valence-corrected chi connectivity index (χ4v) is 3.12. The van der Waals surface area contributed by atoms with Crippen LogP contribution in [-0.2, 0) is 4.79 Å². The average molecular weight is 362 g/mol. The van der Waals surface area contributed by atoms with Gasteiger partial charge in [-0.05, 0) is 30.9 Å². The van der Waals surface area contributed by atoms with Crippen molar-refractivity contribution in [2.45, 2.75) is 39.8 Å². The van der Waals surface area contributed by atoms with Gasteiger partial charge >= 0.3 is 0 Å². The monoisotopic (exact) mass is 361 g/mol. The van der Waals surface area contributed by atoms with E-state index in [9.17, 15) is 4.79 Å². The molecule has 136 valence electrons. The largest absolute Gasteiger partial charge is 0.411 e. The number of hydrogen-bond donors (Lipinski definition) is 0. The summed E-state index contributed by atoms with van der Waals surface area (Å²) in [4.78, 5) is 14.4. The maximum Gasteiger partial charge on any atom is 0.277 e. The van der Waals surface area contributed by atoms with E-state index in [0.29, 0.717) is 28.7 Å². The molecule has 0 saturated carbocycles. The SMILES string of the molecule is Cc1ccc(-c2nnc(SCC(=O)N(CC(C)C)CC(C)C)o2)cc1. The highest BCUT2D eigenvalue weighted by molar-refractivity contribution is 7.99. The van der Waals surface area contributed by atoms with Crippen LogP contribution < -0.4 is 0 Å². The standard InChI is InChI=1S/C19H27N3O2S/c1-13(2)10-22(11-14(3)4)17(23)12-25-19-21-20-18(24-19)16-8-6-15(5)7-9-16/h6-9,13-14H,10-12H2,1-5H3. The Bertz CT molecular complexity index is 670. The lowest BCUT2D eigenvalue weighted by atomic mass is 10.1. The Morgan fingerprint density at radius 2 is 1.68 bits per heavy atom. The Labute approximate surface area is 154 Å². The summed E-state index contributed by atoms with van der Waals surface area (Å²) >= 11 is 1.30. The molecule has 0 aliphatic rings. The van der Waals surface area contributed by atoms with E-state index in [4.69, 9.17) is 4.42 Å². The average Bonchev–Trinajstić information content (AvgIpc) is 3.00. The summed E-state index contributed by atoms with van der Waals surface area (Å²) in [6, 6.07) is 7.92. The number of carbonyl (C=O) groups excluding carboxylic acids is 1. The van der Waals surface area contributed by atoms with E-state index in [2.05, 4.69) is 37.9 Å². The summed E-state index contributed by atoms with van der Waals surface area (Å²) in [5, 5.41) is 8.55. The van der Waals surface area contributed by atoms with Crippen LogP contribution in [0, 0.1) is 18.8 Å². The molecule has 1 amide bonds. The highest BCUT2D eigenvalue weighted by atomic mass is 32.2. The van der Waals surface area contributed by atoms with Crippen molar-refractivity contribution in [3.8, 4) is 11.5 Å². The zero-order chi connectivity index (χ0) is 18.4. The summed E-state index contributed by atoms with van der Waals surface area (Å²) in [7, 11) is 0. The fourth-order valence-electron chi connectivity index (χ4n) is 2.46. The minimum Gasteiger partial charge on any atom is -0.411 e. The quantitative estimate of drug-likeness (QED) is 0.657. The third-order valence-corrected chi connectivity index (χ3v) is 4.35. The van der Waals surface area contributed by atoms with E-state index in [1.807, 2.05) is 36.1 Å². The van der Waals surface area contributed by atoms with Gasteiger partial charge in [0.1, 0.15) is 0 Å². The second-order valence-electron chi connectivity index (χ2n) is 7.11. The van der Waals surface area contributed by atoms with Crippen LogP contribution in [0.15, 0.2) is 33.9 Å². The Morgan fingerprint density at radius 1 is 1.08 bits per heavy atom. The van der Waals surface area contributed by atoms with E-state index < -0.39 is 0 Å². The van der Waals surface area contributed by atoms with Crippen LogP contribution in [0.1, 0.15) is 33.3 Å². The number of benzene rings is 1. The Hall–Kier alpha value is -1.82. The molecular formula is C19H27N3O2S. The Kier molecular flexibility index (Phi) is 7.05. The van der Waals surface area contributed by atoms with Crippen LogP contribution in [0.3, 0.4) is 0 Å². The molecule has 0 atom stereocenters. The highest BCUT2D eigenvalue weighted by Crippen LogP contribution is 2.23. The summed E-state index contributed by atoms with van der Waals surface area (Å²) in [5.74, 6) is 1.81. The van der Waals surface area contributed by atoms with E-state index in [1.54, 1.807) is 0 Å². The highest BCUT2D eigenvalue weighted by Gasteiger charge is 2.18. The van der Waals surface area contributed by atoms with E-state index in [0.717, 1.165) is 18.7 Å². The zero-order valence-corrected chi connectivity index (χ0v) is 16.5. The lowest BCUT2D eigenvalue weighted by Crippen LogP contribution is -2.38. The third-order valence-electron chi connectivity index (χ3n) is 3.55. The molecule has 0 aliphatic carbocycles. The van der Waals surface area contributed by atoms with E-state index in [1.165, 1.54) is 17.3 Å². The molecule has 1 heterocycles. The number of aromatic nitrogens is 2. The first-order valence-corrected chi connectivity index (χ1v) is 9.64. The van der Waals surface area contributed by atoms with Crippen LogP contribution in [0.2, 0.25) is 0 Å². The van der Waals surface area contributed by atoms with Crippen molar-refractivity contribution >= 4 is 17.7 Å². The maximum atomic E-state index is 12.5. The minimum absolute atomic E-state index is 0.113. The van der Waals surface area contributed by atoms with Crippen molar-refractivity contribution in [1.29, 1.82) is 0 Å². The molecule has 0 fully saturated rings. The van der Waals surface area contributed by atoms with Gasteiger partial charge in [-0.15, -0.1) is 10.2 Å². The topological polar surface area (TPSA) is 59.2 Å². The van der Waals surface area contributed by atoms with Crippen LogP contribution >= 0.6 is 11.8 Å². The van der Waals surface area contributed by atoms with Crippen molar-refractivity contribution in [2.75, 3.05) is 18.8 Å². The number of thioether (sulfide) groups is 1. The lowest BCUT2D eigenvalue weighted by Gasteiger charge is -2.26. The molecule has 2 rings (SSSR count). The van der Waals surface area contributed by atoms with Gasteiger partial charge in [0, 0.05) is 18.7 Å².